The molecule has 0 spiro atoms. The van der Waals surface area contributed by atoms with Gasteiger partial charge in [-0.25, -0.2) is 30.8 Å². The number of piperidine rings is 1. The number of hydrogen-bond acceptors (Lipinski definition) is 12. The van der Waals surface area contributed by atoms with Gasteiger partial charge in [0.2, 0.25) is 10.0 Å². The number of sulfonamides is 2. The lowest BCUT2D eigenvalue weighted by Crippen LogP contribution is -2.43. The number of ether oxygens (including phenoxy) is 1. The highest BCUT2D eigenvalue weighted by Crippen LogP contribution is 2.37. The molecule has 6 rings (SSSR count). The maximum absolute atomic E-state index is 13.7. The highest BCUT2D eigenvalue weighted by molar-refractivity contribution is 7.90. The third kappa shape index (κ3) is 7.20. The Morgan fingerprint density at radius 3 is 2.50 bits per heavy atom. The first-order valence-electron chi connectivity index (χ1n) is 15.2. The summed E-state index contributed by atoms with van der Waals surface area (Å²) in [5, 5.41) is 19.1. The van der Waals surface area contributed by atoms with Crippen molar-refractivity contribution < 1.29 is 31.3 Å². The summed E-state index contributed by atoms with van der Waals surface area (Å²) >= 11 is 0. The molecule has 0 saturated carbocycles. The minimum Gasteiger partial charge on any atom is -0.453 e. The zero-order chi connectivity index (χ0) is 34.1. The number of hydrogen-bond donors (Lipinski definition) is 4. The predicted octanol–water partition coefficient (Wildman–Crippen LogP) is 2.63. The molecule has 48 heavy (non-hydrogen) atoms. The number of para-hydroxylation sites is 1. The van der Waals surface area contributed by atoms with Crippen LogP contribution in [0.1, 0.15) is 23.2 Å². The summed E-state index contributed by atoms with van der Waals surface area (Å²) in [7, 11) is -7.94. The van der Waals surface area contributed by atoms with Crippen LogP contribution in [0, 0.1) is 10.1 Å². The Morgan fingerprint density at radius 1 is 1.04 bits per heavy atom. The smallest absolute Gasteiger partial charge is 0.293 e. The first kappa shape index (κ1) is 33.1. The zero-order valence-electron chi connectivity index (χ0n) is 25.9. The average Bonchev–Trinajstić information content (AvgIpc) is 3.53. The number of aromatic amines is 1. The largest absolute Gasteiger partial charge is 0.453 e. The van der Waals surface area contributed by atoms with E-state index in [0.29, 0.717) is 56.1 Å². The SMILES string of the molecule is CS(=O)(=O)N1CCC(Nc2ccc(S(=O)(=O)NC(=O)c3cccc(N4CCNCC4)c3Oc3cnc4[nH]ccc4c3)cc2[N+](=O)[O-])CC1. The van der Waals surface area contributed by atoms with Crippen molar-refractivity contribution in [1.29, 1.82) is 0 Å². The Kier molecular flexibility index (Phi) is 9.24. The van der Waals surface area contributed by atoms with Crippen molar-refractivity contribution in [3.8, 4) is 11.5 Å². The van der Waals surface area contributed by atoms with Crippen molar-refractivity contribution in [1.82, 2.24) is 24.3 Å². The van der Waals surface area contributed by atoms with Crippen molar-refractivity contribution in [3.05, 3.63) is 76.6 Å². The van der Waals surface area contributed by atoms with E-state index < -0.39 is 41.5 Å². The first-order valence-corrected chi connectivity index (χ1v) is 18.5. The summed E-state index contributed by atoms with van der Waals surface area (Å²) in [4.78, 5) is 33.9. The van der Waals surface area contributed by atoms with Crippen molar-refractivity contribution >= 4 is 54.0 Å². The van der Waals surface area contributed by atoms with Crippen LogP contribution in [0.4, 0.5) is 17.1 Å². The molecule has 0 atom stereocenters. The summed E-state index contributed by atoms with van der Waals surface area (Å²) < 4.78 is 60.3. The molecule has 2 fully saturated rings. The Balaban J connectivity index is 1.26. The van der Waals surface area contributed by atoms with Gasteiger partial charge < -0.3 is 25.3 Å². The van der Waals surface area contributed by atoms with Crippen LogP contribution in [0.15, 0.2) is 65.8 Å². The van der Waals surface area contributed by atoms with E-state index in [1.54, 1.807) is 24.4 Å². The van der Waals surface area contributed by atoms with Crippen LogP contribution in [0.3, 0.4) is 0 Å². The van der Waals surface area contributed by atoms with Gasteiger partial charge in [-0.15, -0.1) is 0 Å². The fraction of sp³-hybridized carbons (Fsp3) is 0.333. The summed E-state index contributed by atoms with van der Waals surface area (Å²) in [6, 6.07) is 11.5. The van der Waals surface area contributed by atoms with Crippen LogP contribution in [-0.2, 0) is 20.0 Å². The molecule has 0 radical (unpaired) electrons. The number of carbonyl (C=O) groups is 1. The van der Waals surface area contributed by atoms with E-state index in [1.165, 1.54) is 28.7 Å². The standard InChI is InChI=1S/C30H34N8O8S2/c1-47(42,43)37-13-8-21(9-14-37)34-25-6-5-23(18-27(25)38(40)41)48(44,45)35-30(39)24-3-2-4-26(36-15-11-31-12-16-36)28(24)46-22-17-20-7-10-32-29(20)33-19-22/h2-7,10,17-19,21,31,34H,8-9,11-16H2,1H3,(H,32,33)(H,35,39). The maximum atomic E-state index is 13.7. The number of nitrogens with zero attached hydrogens (tertiary/aromatic N) is 4. The number of nitrogens with one attached hydrogen (secondary N) is 4. The number of amides is 1. The molecular formula is C30H34N8O8S2. The second kappa shape index (κ2) is 13.4. The number of nitro benzene ring substituents is 1. The number of nitro groups is 1. The van der Waals surface area contributed by atoms with Gasteiger partial charge in [-0.2, -0.15) is 0 Å². The van der Waals surface area contributed by atoms with Crippen molar-refractivity contribution in [2.75, 3.05) is 55.7 Å². The molecule has 0 unspecified atom stereocenters. The highest BCUT2D eigenvalue weighted by atomic mass is 32.2. The van der Waals surface area contributed by atoms with Crippen LogP contribution in [0.25, 0.3) is 11.0 Å². The van der Waals surface area contributed by atoms with Gasteiger partial charge in [-0.1, -0.05) is 6.07 Å². The topological polar surface area (TPSA) is 209 Å². The zero-order valence-corrected chi connectivity index (χ0v) is 27.5. The summed E-state index contributed by atoms with van der Waals surface area (Å²) in [6.45, 7) is 3.14. The van der Waals surface area contributed by atoms with Crippen LogP contribution in [0.5, 0.6) is 11.5 Å². The molecule has 16 nitrogen and oxygen atoms in total. The lowest BCUT2D eigenvalue weighted by Gasteiger charge is -2.31. The third-order valence-electron chi connectivity index (χ3n) is 8.28. The number of anilines is 2. The monoisotopic (exact) mass is 698 g/mol. The summed E-state index contributed by atoms with van der Waals surface area (Å²) in [5.41, 5.74) is 0.749. The molecule has 0 bridgehead atoms. The van der Waals surface area contributed by atoms with E-state index in [2.05, 4.69) is 25.3 Å². The number of carbonyl (C=O) groups excluding carboxylic acids is 1. The van der Waals surface area contributed by atoms with Crippen molar-refractivity contribution in [3.63, 3.8) is 0 Å². The van der Waals surface area contributed by atoms with E-state index in [9.17, 15) is 31.7 Å². The molecule has 4 heterocycles. The van der Waals surface area contributed by atoms with E-state index in [0.717, 1.165) is 17.7 Å². The maximum Gasteiger partial charge on any atom is 0.293 e. The van der Waals surface area contributed by atoms with Gasteiger partial charge in [0.25, 0.3) is 21.6 Å². The van der Waals surface area contributed by atoms with Crippen LogP contribution in [-0.4, -0.2) is 93.5 Å². The molecule has 2 aromatic heterocycles. The molecule has 4 aromatic rings. The van der Waals surface area contributed by atoms with Crippen LogP contribution in [0.2, 0.25) is 0 Å². The number of piperazine rings is 1. The van der Waals surface area contributed by atoms with Gasteiger partial charge in [0.1, 0.15) is 17.1 Å². The molecule has 2 aromatic carbocycles. The minimum absolute atomic E-state index is 0.0583. The van der Waals surface area contributed by atoms with Crippen molar-refractivity contribution in [2.45, 2.75) is 23.8 Å². The van der Waals surface area contributed by atoms with E-state index >= 15 is 0 Å². The average molecular weight is 699 g/mol. The number of benzene rings is 2. The van der Waals surface area contributed by atoms with E-state index in [1.807, 2.05) is 11.0 Å². The fourth-order valence-electron chi connectivity index (χ4n) is 5.80. The molecule has 2 saturated heterocycles. The van der Waals surface area contributed by atoms with E-state index in [-0.39, 0.29) is 36.1 Å². The first-order chi connectivity index (χ1) is 22.9. The van der Waals surface area contributed by atoms with Crippen LogP contribution >= 0.6 is 0 Å². The number of H-pyrrole nitrogens is 1. The molecule has 254 valence electrons. The Labute approximate surface area is 276 Å². The molecule has 1 amide bonds. The van der Waals surface area contributed by atoms with Gasteiger partial charge in [-0.05, 0) is 49.2 Å². The summed E-state index contributed by atoms with van der Waals surface area (Å²) in [6.07, 6.45) is 5.17. The molecule has 4 N–H and O–H groups in total. The van der Waals surface area contributed by atoms with Crippen molar-refractivity contribution in [2.24, 2.45) is 0 Å². The van der Waals surface area contributed by atoms with E-state index in [4.69, 9.17) is 4.74 Å². The second-order valence-corrected chi connectivity index (χ2v) is 15.2. The number of pyridine rings is 1. The molecule has 18 heteroatoms. The fourth-order valence-corrected chi connectivity index (χ4v) is 7.66. The number of fused-ring (bicyclic) bond motifs is 1. The Morgan fingerprint density at radius 2 is 1.79 bits per heavy atom. The predicted molar refractivity (Wildman–Crippen MR) is 179 cm³/mol. The molecule has 2 aliphatic rings. The Bertz CT molecular complexity index is 2070. The molecule has 2 aliphatic heterocycles. The van der Waals surface area contributed by atoms with Gasteiger partial charge in [-0.3, -0.25) is 14.9 Å². The van der Waals surface area contributed by atoms with Crippen LogP contribution < -0.4 is 25.0 Å². The normalized spacial score (nSPS) is 16.5. The summed E-state index contributed by atoms with van der Waals surface area (Å²) in [5.74, 6) is -0.515. The molecular weight excluding hydrogens is 665 g/mol. The minimum atomic E-state index is -4.59. The molecule has 0 aliphatic carbocycles. The lowest BCUT2D eigenvalue weighted by atomic mass is 10.1. The van der Waals surface area contributed by atoms with Gasteiger partial charge in [0.15, 0.2) is 5.75 Å². The van der Waals surface area contributed by atoms with Gasteiger partial charge in [0, 0.05) is 63.0 Å². The number of aromatic nitrogens is 2. The van der Waals surface area contributed by atoms with Gasteiger partial charge >= 0.3 is 0 Å². The second-order valence-electron chi connectivity index (χ2n) is 11.5. The lowest BCUT2D eigenvalue weighted by molar-refractivity contribution is -0.384. The Hall–Kier alpha value is -4.78. The third-order valence-corrected chi connectivity index (χ3v) is 10.9. The number of rotatable bonds is 10. The van der Waals surface area contributed by atoms with Gasteiger partial charge in [0.05, 0.1) is 33.5 Å². The quantitative estimate of drug-likeness (QED) is 0.139. The highest BCUT2D eigenvalue weighted by Gasteiger charge is 2.30.